The molecule has 0 spiro atoms. The second-order valence-corrected chi connectivity index (χ2v) is 11.7. The van der Waals surface area contributed by atoms with Crippen LogP contribution in [0.5, 0.6) is 0 Å². The molecule has 1 saturated heterocycles. The van der Waals surface area contributed by atoms with Gasteiger partial charge in [0.1, 0.15) is 16.3 Å². The number of nitriles is 1. The van der Waals surface area contributed by atoms with Crippen molar-refractivity contribution in [2.24, 2.45) is 5.41 Å². The smallest absolute Gasteiger partial charge is 0.283 e. The first-order valence-corrected chi connectivity index (χ1v) is 13.5. The van der Waals surface area contributed by atoms with Gasteiger partial charge in [0.05, 0.1) is 27.0 Å². The molecule has 3 heterocycles. The summed E-state index contributed by atoms with van der Waals surface area (Å²) in [6, 6.07) is 8.29. The number of nitrogens with zero attached hydrogens (tertiary/aromatic N) is 5. The van der Waals surface area contributed by atoms with Gasteiger partial charge in [-0.15, -0.1) is 11.3 Å². The Morgan fingerprint density at radius 1 is 1.37 bits per heavy atom. The molecule has 1 fully saturated rings. The van der Waals surface area contributed by atoms with Crippen LogP contribution in [-0.2, 0) is 16.1 Å². The monoisotopic (exact) mass is 551 g/mol. The number of aromatic nitrogens is 3. The highest BCUT2D eigenvalue weighted by molar-refractivity contribution is 7.99. The quantitative estimate of drug-likeness (QED) is 0.246. The summed E-state index contributed by atoms with van der Waals surface area (Å²) < 4.78 is 7.66. The molecule has 1 atom stereocenters. The van der Waals surface area contributed by atoms with Gasteiger partial charge in [-0.05, 0) is 48.4 Å². The lowest BCUT2D eigenvalue weighted by atomic mass is 9.87. The van der Waals surface area contributed by atoms with Crippen LogP contribution in [0.15, 0.2) is 51.5 Å². The Morgan fingerprint density at radius 3 is 2.71 bits per heavy atom. The minimum Gasteiger partial charge on any atom is -0.376 e. The van der Waals surface area contributed by atoms with Gasteiger partial charge in [0.15, 0.2) is 10.9 Å². The van der Waals surface area contributed by atoms with Gasteiger partial charge in [-0.25, -0.2) is 9.97 Å². The van der Waals surface area contributed by atoms with Gasteiger partial charge in [0, 0.05) is 30.5 Å². The van der Waals surface area contributed by atoms with E-state index in [-0.39, 0.29) is 44.4 Å². The molecular weight excluding hydrogens is 526 g/mol. The molecule has 1 unspecified atom stereocenters. The van der Waals surface area contributed by atoms with Crippen LogP contribution in [0.3, 0.4) is 0 Å². The van der Waals surface area contributed by atoms with Gasteiger partial charge in [0.2, 0.25) is 0 Å². The fourth-order valence-electron chi connectivity index (χ4n) is 3.87. The van der Waals surface area contributed by atoms with E-state index < -0.39 is 10.3 Å². The van der Waals surface area contributed by atoms with Crippen LogP contribution < -0.4 is 14.8 Å². The molecule has 1 aliphatic heterocycles. The van der Waals surface area contributed by atoms with E-state index in [0.717, 1.165) is 35.9 Å². The molecule has 0 amide bonds. The highest BCUT2D eigenvalue weighted by Crippen LogP contribution is 2.33. The molecule has 196 valence electrons. The number of thiazole rings is 1. The number of hydrogen-bond acceptors (Lipinski definition) is 10. The first-order valence-electron chi connectivity index (χ1n) is 11.8. The number of carbonyl (C=O) groups is 1. The normalized spacial score (nSPS) is 16.8. The molecule has 0 radical (unpaired) electrons. The number of Topliss-reactive ketones (excluding diaryl/α,β-unsaturated/α-hetero) is 1. The average Bonchev–Trinajstić information content (AvgIpc) is 3.50. The van der Waals surface area contributed by atoms with E-state index in [4.69, 9.17) is 4.74 Å². The topological polar surface area (TPSA) is 141 Å². The molecule has 0 bridgehead atoms. The summed E-state index contributed by atoms with van der Waals surface area (Å²) in [5.41, 5.74) is -1.00. The van der Waals surface area contributed by atoms with Crippen molar-refractivity contribution < 1.29 is 14.5 Å². The van der Waals surface area contributed by atoms with Gasteiger partial charge in [-0.2, -0.15) is 5.26 Å². The maximum Gasteiger partial charge on any atom is 0.283 e. The number of benzene rings is 1. The Bertz CT molecular complexity index is 1590. The highest BCUT2D eigenvalue weighted by atomic mass is 32.2. The third-order valence-corrected chi connectivity index (χ3v) is 7.86. The lowest BCUT2D eigenvalue weighted by Crippen LogP contribution is -2.37. The maximum absolute atomic E-state index is 13.5. The third kappa shape index (κ3) is 6.07. The van der Waals surface area contributed by atoms with Crippen LogP contribution in [0, 0.1) is 26.9 Å². The summed E-state index contributed by atoms with van der Waals surface area (Å²) in [6.45, 7) is 5.96. The Labute approximate surface area is 226 Å². The van der Waals surface area contributed by atoms with Crippen molar-refractivity contribution >= 4 is 46.2 Å². The fraction of sp³-hybridized carbons (Fsp3) is 0.346. The SMILES string of the molecule is CC(C)(C)C(=O)C(C#N)=c1sc(=Cc2ccc(Sc3ncccn3)c([N+](=O)[O-])c2)c(=O)n1CC1CCCO1. The summed E-state index contributed by atoms with van der Waals surface area (Å²) in [6.07, 6.45) is 6.09. The van der Waals surface area contributed by atoms with E-state index >= 15 is 0 Å². The van der Waals surface area contributed by atoms with Crippen LogP contribution in [0.2, 0.25) is 0 Å². The number of nitro groups is 1. The molecule has 10 nitrogen and oxygen atoms in total. The lowest BCUT2D eigenvalue weighted by molar-refractivity contribution is -0.387. The third-order valence-electron chi connectivity index (χ3n) is 5.77. The maximum atomic E-state index is 13.5. The standard InChI is InChI=1S/C26H25N5O5S2/c1-26(2,3)22(32)18(14-27)24-30(15-17-6-4-11-36-17)23(33)21(37-24)13-16-7-8-20(19(12-16)31(34)35)38-25-28-9-5-10-29-25/h5,7-10,12-13,17H,4,6,11,15H2,1-3H3. The van der Waals surface area contributed by atoms with Crippen molar-refractivity contribution in [1.29, 1.82) is 5.26 Å². The Kier molecular flexibility index (Phi) is 8.20. The Morgan fingerprint density at radius 2 is 2.11 bits per heavy atom. The van der Waals surface area contributed by atoms with Gasteiger partial charge >= 0.3 is 0 Å². The van der Waals surface area contributed by atoms with E-state index in [1.165, 1.54) is 10.6 Å². The number of ether oxygens (including phenoxy) is 1. The van der Waals surface area contributed by atoms with Crippen LogP contribution in [-0.4, -0.2) is 38.0 Å². The molecule has 3 aromatic rings. The molecule has 0 aliphatic carbocycles. The average molecular weight is 552 g/mol. The van der Waals surface area contributed by atoms with Crippen LogP contribution in [0.4, 0.5) is 5.69 Å². The first kappa shape index (κ1) is 27.4. The molecule has 0 N–H and O–H groups in total. The summed E-state index contributed by atoms with van der Waals surface area (Å²) in [5.74, 6) is -0.367. The Balaban J connectivity index is 1.86. The second kappa shape index (κ2) is 11.4. The molecule has 12 heteroatoms. The zero-order valence-corrected chi connectivity index (χ0v) is 22.7. The molecule has 1 aliphatic rings. The minimum atomic E-state index is -0.819. The van der Waals surface area contributed by atoms with Gasteiger partial charge in [-0.1, -0.05) is 26.8 Å². The Hall–Kier alpha value is -3.66. The molecule has 38 heavy (non-hydrogen) atoms. The van der Waals surface area contributed by atoms with E-state index in [0.29, 0.717) is 22.2 Å². The van der Waals surface area contributed by atoms with E-state index in [1.807, 2.05) is 6.07 Å². The zero-order chi connectivity index (χ0) is 27.4. The summed E-state index contributed by atoms with van der Waals surface area (Å²) in [5, 5.41) is 22.1. The number of rotatable bonds is 7. The predicted molar refractivity (Wildman–Crippen MR) is 143 cm³/mol. The molecule has 4 rings (SSSR count). The lowest BCUT2D eigenvalue weighted by Gasteiger charge is -2.16. The van der Waals surface area contributed by atoms with Gasteiger partial charge in [-0.3, -0.25) is 24.3 Å². The summed E-state index contributed by atoms with van der Waals surface area (Å²) >= 11 is 2.09. The molecule has 1 aromatic carbocycles. The first-order chi connectivity index (χ1) is 18.1. The van der Waals surface area contributed by atoms with Crippen molar-refractivity contribution in [3.05, 3.63) is 71.9 Å². The number of ketones is 1. The van der Waals surface area contributed by atoms with Crippen molar-refractivity contribution in [3.63, 3.8) is 0 Å². The minimum absolute atomic E-state index is 0.0853. The van der Waals surface area contributed by atoms with Gasteiger partial charge in [0.25, 0.3) is 11.2 Å². The zero-order valence-electron chi connectivity index (χ0n) is 21.0. The van der Waals surface area contributed by atoms with Crippen LogP contribution in [0.1, 0.15) is 39.2 Å². The summed E-state index contributed by atoms with van der Waals surface area (Å²) in [7, 11) is 0. The fourth-order valence-corrected chi connectivity index (χ4v) is 5.78. The molecule has 0 saturated carbocycles. The predicted octanol–water partition coefficient (Wildman–Crippen LogP) is 3.06. The summed E-state index contributed by atoms with van der Waals surface area (Å²) in [4.78, 5) is 46.4. The second-order valence-electron chi connectivity index (χ2n) is 9.65. The van der Waals surface area contributed by atoms with Crippen LogP contribution >= 0.6 is 23.1 Å². The number of hydrogen-bond donors (Lipinski definition) is 0. The van der Waals surface area contributed by atoms with E-state index in [2.05, 4.69) is 9.97 Å². The molecular formula is C26H25N5O5S2. The van der Waals surface area contributed by atoms with Crippen molar-refractivity contribution in [2.75, 3.05) is 6.61 Å². The number of carbonyl (C=O) groups excluding carboxylic acids is 1. The van der Waals surface area contributed by atoms with Crippen molar-refractivity contribution in [1.82, 2.24) is 14.5 Å². The largest absolute Gasteiger partial charge is 0.376 e. The highest BCUT2D eigenvalue weighted by Gasteiger charge is 2.28. The van der Waals surface area contributed by atoms with E-state index in [9.17, 15) is 25.0 Å². The van der Waals surface area contributed by atoms with E-state index in [1.54, 1.807) is 57.4 Å². The number of nitro benzene ring substituents is 1. The van der Waals surface area contributed by atoms with Crippen molar-refractivity contribution in [3.8, 4) is 6.07 Å². The van der Waals surface area contributed by atoms with Crippen molar-refractivity contribution in [2.45, 2.75) is 56.3 Å². The van der Waals surface area contributed by atoms with Crippen LogP contribution in [0.25, 0.3) is 11.6 Å². The molecule has 2 aromatic heterocycles. The van der Waals surface area contributed by atoms with Gasteiger partial charge < -0.3 is 4.74 Å².